The van der Waals surface area contributed by atoms with Crippen LogP contribution in [-0.4, -0.2) is 53.5 Å². The van der Waals surface area contributed by atoms with Gasteiger partial charge in [0.25, 0.3) is 5.56 Å². The van der Waals surface area contributed by atoms with Crippen LogP contribution in [0.15, 0.2) is 29.1 Å². The number of carbonyl (C=O) groups is 1. The van der Waals surface area contributed by atoms with E-state index >= 15 is 0 Å². The van der Waals surface area contributed by atoms with Crippen molar-refractivity contribution in [3.8, 4) is 5.75 Å². The first-order valence-electron chi connectivity index (χ1n) is 8.57. The van der Waals surface area contributed by atoms with Gasteiger partial charge in [-0.15, -0.1) is 0 Å². The Morgan fingerprint density at radius 1 is 1.31 bits per heavy atom. The quantitative estimate of drug-likeness (QED) is 0.847. The van der Waals surface area contributed by atoms with E-state index in [2.05, 4.69) is 10.2 Å². The standard InChI is InChI=1S/C18H22FN3O4/c1-26-16-11-17(23)22(15-10-12(19)2-3-14(15)16)9-8-21-6-4-13(5-7-21)20-18(24)25/h2-3,10-11,13,20H,4-9H2,1H3,(H,24,25). The van der Waals surface area contributed by atoms with Crippen molar-refractivity contribution >= 4 is 17.0 Å². The minimum atomic E-state index is -0.998. The number of piperidine rings is 1. The molecule has 2 heterocycles. The molecule has 2 N–H and O–H groups in total. The first-order valence-corrected chi connectivity index (χ1v) is 8.57. The van der Waals surface area contributed by atoms with Crippen molar-refractivity contribution in [2.24, 2.45) is 0 Å². The van der Waals surface area contributed by atoms with E-state index in [0.717, 1.165) is 25.9 Å². The maximum Gasteiger partial charge on any atom is 0.404 e. The van der Waals surface area contributed by atoms with E-state index < -0.39 is 11.9 Å². The third-order valence-electron chi connectivity index (χ3n) is 4.81. The number of amides is 1. The molecule has 0 aliphatic carbocycles. The molecule has 1 aromatic heterocycles. The Hall–Kier alpha value is -2.61. The number of rotatable bonds is 5. The molecule has 1 amide bonds. The second-order valence-electron chi connectivity index (χ2n) is 6.43. The van der Waals surface area contributed by atoms with Crippen LogP contribution in [0.4, 0.5) is 9.18 Å². The summed E-state index contributed by atoms with van der Waals surface area (Å²) in [7, 11) is 1.48. The summed E-state index contributed by atoms with van der Waals surface area (Å²) in [6.45, 7) is 2.57. The molecule has 2 aromatic rings. The van der Waals surface area contributed by atoms with Crippen LogP contribution in [0, 0.1) is 5.82 Å². The average Bonchev–Trinajstić information content (AvgIpc) is 2.61. The van der Waals surface area contributed by atoms with Crippen molar-refractivity contribution in [3.63, 3.8) is 0 Å². The molecule has 0 bridgehead atoms. The van der Waals surface area contributed by atoms with Gasteiger partial charge in [-0.1, -0.05) is 0 Å². The summed E-state index contributed by atoms with van der Waals surface area (Å²) in [6, 6.07) is 5.70. The average molecular weight is 363 g/mol. The highest BCUT2D eigenvalue weighted by molar-refractivity contribution is 5.85. The number of ether oxygens (including phenoxy) is 1. The molecule has 1 saturated heterocycles. The van der Waals surface area contributed by atoms with Crippen LogP contribution in [-0.2, 0) is 6.54 Å². The summed E-state index contributed by atoms with van der Waals surface area (Å²) in [6.07, 6.45) is 0.472. The predicted molar refractivity (Wildman–Crippen MR) is 95.3 cm³/mol. The maximum atomic E-state index is 13.7. The lowest BCUT2D eigenvalue weighted by Gasteiger charge is -2.31. The summed E-state index contributed by atoms with van der Waals surface area (Å²) < 4.78 is 20.5. The molecule has 26 heavy (non-hydrogen) atoms. The molecule has 7 nitrogen and oxygen atoms in total. The minimum absolute atomic E-state index is 0.0256. The number of fused-ring (bicyclic) bond motifs is 1. The Bertz CT molecular complexity index is 859. The maximum absolute atomic E-state index is 13.7. The van der Waals surface area contributed by atoms with Crippen LogP contribution in [0.25, 0.3) is 10.9 Å². The van der Waals surface area contributed by atoms with Gasteiger partial charge in [-0.2, -0.15) is 0 Å². The number of nitrogens with one attached hydrogen (secondary N) is 1. The number of nitrogens with zero attached hydrogens (tertiary/aromatic N) is 2. The van der Waals surface area contributed by atoms with Gasteiger partial charge in [0.05, 0.1) is 12.6 Å². The number of pyridine rings is 1. The molecule has 140 valence electrons. The number of benzene rings is 1. The molecule has 1 fully saturated rings. The van der Waals surface area contributed by atoms with E-state index in [1.165, 1.54) is 25.3 Å². The topological polar surface area (TPSA) is 83.8 Å². The number of methoxy groups -OCH3 is 1. The Labute approximate surface area is 150 Å². The van der Waals surface area contributed by atoms with Gasteiger partial charge in [0.15, 0.2) is 0 Å². The molecule has 0 spiro atoms. The Morgan fingerprint density at radius 2 is 2.04 bits per heavy atom. The smallest absolute Gasteiger partial charge is 0.404 e. The monoisotopic (exact) mass is 363 g/mol. The zero-order chi connectivity index (χ0) is 18.7. The van der Waals surface area contributed by atoms with Crippen molar-refractivity contribution in [1.82, 2.24) is 14.8 Å². The Morgan fingerprint density at radius 3 is 2.69 bits per heavy atom. The Kier molecular flexibility index (Phi) is 5.41. The number of carboxylic acid groups (broad SMARTS) is 1. The molecule has 1 aliphatic heterocycles. The van der Waals surface area contributed by atoms with Gasteiger partial charge in [-0.25, -0.2) is 9.18 Å². The summed E-state index contributed by atoms with van der Waals surface area (Å²) in [4.78, 5) is 25.3. The summed E-state index contributed by atoms with van der Waals surface area (Å²) in [5, 5.41) is 12.0. The third kappa shape index (κ3) is 3.96. The lowest BCUT2D eigenvalue weighted by Crippen LogP contribution is -2.45. The molecule has 8 heteroatoms. The van der Waals surface area contributed by atoms with Crippen molar-refractivity contribution in [2.75, 3.05) is 26.7 Å². The first-order chi connectivity index (χ1) is 12.5. The Balaban J connectivity index is 1.74. The molecular weight excluding hydrogens is 341 g/mol. The number of hydrogen-bond acceptors (Lipinski definition) is 4. The number of aromatic nitrogens is 1. The van der Waals surface area contributed by atoms with Crippen LogP contribution in [0.5, 0.6) is 5.75 Å². The molecule has 3 rings (SSSR count). The zero-order valence-corrected chi connectivity index (χ0v) is 14.6. The van der Waals surface area contributed by atoms with Crippen LogP contribution in [0.3, 0.4) is 0 Å². The van der Waals surface area contributed by atoms with Gasteiger partial charge >= 0.3 is 6.09 Å². The van der Waals surface area contributed by atoms with E-state index in [4.69, 9.17) is 9.84 Å². The number of likely N-dealkylation sites (tertiary alicyclic amines) is 1. The molecule has 0 unspecified atom stereocenters. The van der Waals surface area contributed by atoms with Crippen LogP contribution in [0.2, 0.25) is 0 Å². The fourth-order valence-electron chi connectivity index (χ4n) is 3.44. The van der Waals surface area contributed by atoms with E-state index in [0.29, 0.717) is 29.7 Å². The van der Waals surface area contributed by atoms with Crippen molar-refractivity contribution < 1.29 is 19.0 Å². The van der Waals surface area contributed by atoms with Gasteiger partial charge < -0.3 is 24.6 Å². The van der Waals surface area contributed by atoms with Gasteiger partial charge in [0, 0.05) is 43.7 Å². The highest BCUT2D eigenvalue weighted by atomic mass is 19.1. The molecular formula is C18H22FN3O4. The van der Waals surface area contributed by atoms with Crippen molar-refractivity contribution in [2.45, 2.75) is 25.4 Å². The fraction of sp³-hybridized carbons (Fsp3) is 0.444. The SMILES string of the molecule is COc1cc(=O)n(CCN2CCC(NC(=O)O)CC2)c2cc(F)ccc12. The lowest BCUT2D eigenvalue weighted by atomic mass is 10.1. The van der Waals surface area contributed by atoms with E-state index in [1.54, 1.807) is 10.6 Å². The largest absolute Gasteiger partial charge is 0.496 e. The normalized spacial score (nSPS) is 15.9. The van der Waals surface area contributed by atoms with E-state index in [-0.39, 0.29) is 11.6 Å². The molecule has 0 saturated carbocycles. The highest BCUT2D eigenvalue weighted by Crippen LogP contribution is 2.24. The zero-order valence-electron chi connectivity index (χ0n) is 14.6. The molecule has 0 atom stereocenters. The van der Waals surface area contributed by atoms with Gasteiger partial charge in [-0.05, 0) is 31.0 Å². The second-order valence-corrected chi connectivity index (χ2v) is 6.43. The first kappa shape index (κ1) is 18.2. The van der Waals surface area contributed by atoms with Gasteiger partial charge in [0.1, 0.15) is 11.6 Å². The van der Waals surface area contributed by atoms with Gasteiger partial charge in [-0.3, -0.25) is 4.79 Å². The summed E-state index contributed by atoms with van der Waals surface area (Å²) in [5.41, 5.74) is 0.277. The number of hydrogen-bond donors (Lipinski definition) is 2. The van der Waals surface area contributed by atoms with Crippen molar-refractivity contribution in [1.29, 1.82) is 0 Å². The second kappa shape index (κ2) is 7.74. The minimum Gasteiger partial charge on any atom is -0.496 e. The predicted octanol–water partition coefficient (Wildman–Crippen LogP) is 1.88. The van der Waals surface area contributed by atoms with Crippen molar-refractivity contribution in [3.05, 3.63) is 40.4 Å². The summed E-state index contributed by atoms with van der Waals surface area (Å²) in [5.74, 6) is 0.0290. The van der Waals surface area contributed by atoms with E-state index in [1.807, 2.05) is 0 Å². The van der Waals surface area contributed by atoms with E-state index in [9.17, 15) is 14.0 Å². The van der Waals surface area contributed by atoms with Gasteiger partial charge in [0.2, 0.25) is 0 Å². The van der Waals surface area contributed by atoms with Crippen LogP contribution in [0.1, 0.15) is 12.8 Å². The third-order valence-corrected chi connectivity index (χ3v) is 4.81. The summed E-state index contributed by atoms with van der Waals surface area (Å²) >= 11 is 0. The molecule has 1 aromatic carbocycles. The fourth-order valence-corrected chi connectivity index (χ4v) is 3.44. The van der Waals surface area contributed by atoms with Crippen LogP contribution < -0.4 is 15.6 Å². The molecule has 1 aliphatic rings. The highest BCUT2D eigenvalue weighted by Gasteiger charge is 2.20. The van der Waals surface area contributed by atoms with Crippen LogP contribution >= 0.6 is 0 Å². The number of halogens is 1. The lowest BCUT2D eigenvalue weighted by molar-refractivity contribution is 0.166. The molecule has 0 radical (unpaired) electrons.